The van der Waals surface area contributed by atoms with Crippen LogP contribution >= 0.6 is 0 Å². The van der Waals surface area contributed by atoms with Crippen LogP contribution in [-0.4, -0.2) is 6.21 Å². The summed E-state index contributed by atoms with van der Waals surface area (Å²) < 4.78 is 10.8. The zero-order valence-electron chi connectivity index (χ0n) is 7.31. The third-order valence-corrected chi connectivity index (χ3v) is 2.31. The number of rotatable bonds is 0. The zero-order chi connectivity index (χ0) is 9.60. The molecule has 4 heteroatoms. The molecule has 0 amide bonds. The fraction of sp³-hybridized carbons (Fsp3) is 0.100. The van der Waals surface area contributed by atoms with Gasteiger partial charge < -0.3 is 15.2 Å². The molecule has 0 saturated heterocycles. The predicted octanol–water partition coefficient (Wildman–Crippen LogP) is 1.66. The summed E-state index contributed by atoms with van der Waals surface area (Å²) in [5.74, 6) is -0.870. The van der Waals surface area contributed by atoms with Crippen molar-refractivity contribution in [3.05, 3.63) is 36.3 Å². The number of ether oxygens (including phenoxy) is 2. The number of aliphatic imine (C=N–C) groups is 1. The van der Waals surface area contributed by atoms with E-state index in [0.29, 0.717) is 5.69 Å². The quantitative estimate of drug-likeness (QED) is 0.630. The lowest BCUT2D eigenvalue weighted by atomic mass is 10.1. The molecule has 2 heterocycles. The van der Waals surface area contributed by atoms with Crippen LogP contribution in [-0.2, 0) is 15.3 Å². The molecular formula is C10H8N2O2. The van der Waals surface area contributed by atoms with E-state index in [1.54, 1.807) is 12.3 Å². The first-order valence-electron chi connectivity index (χ1n) is 4.26. The lowest BCUT2D eigenvalue weighted by Gasteiger charge is -2.20. The van der Waals surface area contributed by atoms with Gasteiger partial charge in [-0.3, -0.25) is 4.99 Å². The summed E-state index contributed by atoms with van der Waals surface area (Å²) in [6.07, 6.45) is 4.64. The van der Waals surface area contributed by atoms with Crippen LogP contribution < -0.4 is 5.73 Å². The fourth-order valence-corrected chi connectivity index (χ4v) is 1.64. The van der Waals surface area contributed by atoms with Crippen molar-refractivity contribution in [3.8, 4) is 0 Å². The Hall–Kier alpha value is -1.97. The Bertz CT molecular complexity index is 443. The van der Waals surface area contributed by atoms with Crippen LogP contribution in [0.1, 0.15) is 5.56 Å². The van der Waals surface area contributed by atoms with E-state index in [4.69, 9.17) is 15.2 Å². The molecule has 0 saturated carbocycles. The summed E-state index contributed by atoms with van der Waals surface area (Å²) >= 11 is 0. The summed E-state index contributed by atoms with van der Waals surface area (Å²) in [7, 11) is 0. The molecule has 1 aromatic rings. The van der Waals surface area contributed by atoms with Crippen LogP contribution in [0.3, 0.4) is 0 Å². The number of fused-ring (bicyclic) bond motifs is 2. The van der Waals surface area contributed by atoms with E-state index in [0.717, 1.165) is 11.3 Å². The van der Waals surface area contributed by atoms with Crippen LogP contribution in [0, 0.1) is 0 Å². The number of nitrogens with two attached hydrogens (primary N) is 1. The predicted molar refractivity (Wildman–Crippen MR) is 52.0 cm³/mol. The van der Waals surface area contributed by atoms with Crippen molar-refractivity contribution in [1.29, 1.82) is 0 Å². The Kier molecular flexibility index (Phi) is 1.21. The number of hydrogen-bond donors (Lipinski definition) is 1. The SMILES string of the molecule is Nc1ccc2c(c1)C1(C=N2)OC=CO1. The fourth-order valence-electron chi connectivity index (χ4n) is 1.64. The standard InChI is InChI=1S/C10H8N2O2/c11-7-1-2-9-8(5-7)10(6-12-9)13-3-4-14-10/h1-6H,11H2. The molecule has 0 aliphatic carbocycles. The summed E-state index contributed by atoms with van der Waals surface area (Å²) in [6.45, 7) is 0. The van der Waals surface area contributed by atoms with Gasteiger partial charge in [0.2, 0.25) is 0 Å². The maximum Gasteiger partial charge on any atom is 0.317 e. The summed E-state index contributed by atoms with van der Waals surface area (Å²) in [4.78, 5) is 4.21. The highest BCUT2D eigenvalue weighted by atomic mass is 16.7. The molecule has 0 bridgehead atoms. The first-order valence-corrected chi connectivity index (χ1v) is 4.26. The molecule has 2 aliphatic heterocycles. The van der Waals surface area contributed by atoms with Gasteiger partial charge in [-0.05, 0) is 18.2 Å². The van der Waals surface area contributed by atoms with Crippen LogP contribution in [0.25, 0.3) is 0 Å². The molecule has 2 N–H and O–H groups in total. The van der Waals surface area contributed by atoms with Gasteiger partial charge in [0.05, 0.1) is 17.5 Å². The van der Waals surface area contributed by atoms with Crippen molar-refractivity contribution in [2.24, 2.45) is 4.99 Å². The van der Waals surface area contributed by atoms with E-state index in [9.17, 15) is 0 Å². The van der Waals surface area contributed by atoms with Gasteiger partial charge >= 0.3 is 5.79 Å². The highest BCUT2D eigenvalue weighted by molar-refractivity contribution is 5.83. The van der Waals surface area contributed by atoms with Gasteiger partial charge in [0, 0.05) is 5.69 Å². The molecular weight excluding hydrogens is 180 g/mol. The molecule has 70 valence electrons. The number of nitrogens with zero attached hydrogens (tertiary/aromatic N) is 1. The second kappa shape index (κ2) is 2.29. The minimum atomic E-state index is -0.870. The second-order valence-corrected chi connectivity index (χ2v) is 3.21. The topological polar surface area (TPSA) is 56.8 Å². The summed E-state index contributed by atoms with van der Waals surface area (Å²) in [6, 6.07) is 5.47. The molecule has 0 aromatic heterocycles. The van der Waals surface area contributed by atoms with E-state index in [1.165, 1.54) is 12.5 Å². The molecule has 2 aliphatic rings. The Morgan fingerprint density at radius 2 is 2.00 bits per heavy atom. The maximum absolute atomic E-state index is 5.69. The van der Waals surface area contributed by atoms with Gasteiger partial charge in [0.1, 0.15) is 12.5 Å². The van der Waals surface area contributed by atoms with Crippen molar-refractivity contribution < 1.29 is 9.47 Å². The number of hydrogen-bond acceptors (Lipinski definition) is 4. The lowest BCUT2D eigenvalue weighted by Crippen LogP contribution is -2.25. The van der Waals surface area contributed by atoms with E-state index in [2.05, 4.69) is 4.99 Å². The average molecular weight is 188 g/mol. The molecule has 0 atom stereocenters. The molecule has 1 spiro atoms. The van der Waals surface area contributed by atoms with E-state index >= 15 is 0 Å². The molecule has 0 radical (unpaired) electrons. The van der Waals surface area contributed by atoms with Crippen molar-refractivity contribution in [3.63, 3.8) is 0 Å². The Morgan fingerprint density at radius 1 is 1.21 bits per heavy atom. The Labute approximate surface area is 80.7 Å². The van der Waals surface area contributed by atoms with Crippen LogP contribution in [0.15, 0.2) is 35.7 Å². The Balaban J connectivity index is 2.17. The van der Waals surface area contributed by atoms with Crippen LogP contribution in [0.5, 0.6) is 0 Å². The molecule has 0 fully saturated rings. The average Bonchev–Trinajstić information content (AvgIpc) is 2.77. The van der Waals surface area contributed by atoms with Crippen molar-refractivity contribution >= 4 is 17.6 Å². The van der Waals surface area contributed by atoms with Gasteiger partial charge in [-0.25, -0.2) is 0 Å². The number of benzene rings is 1. The van der Waals surface area contributed by atoms with E-state index in [1.807, 2.05) is 12.1 Å². The normalized spacial score (nSPS) is 19.4. The smallest absolute Gasteiger partial charge is 0.317 e. The minimum Gasteiger partial charge on any atom is -0.448 e. The lowest BCUT2D eigenvalue weighted by molar-refractivity contribution is -0.0787. The molecule has 0 unspecified atom stereocenters. The highest BCUT2D eigenvalue weighted by Crippen LogP contribution is 2.41. The minimum absolute atomic E-state index is 0.674. The van der Waals surface area contributed by atoms with Gasteiger partial charge in [-0.15, -0.1) is 0 Å². The summed E-state index contributed by atoms with van der Waals surface area (Å²) in [5.41, 5.74) is 8.05. The van der Waals surface area contributed by atoms with Gasteiger partial charge in [0.15, 0.2) is 0 Å². The third-order valence-electron chi connectivity index (χ3n) is 2.31. The molecule has 1 aromatic carbocycles. The van der Waals surface area contributed by atoms with E-state index < -0.39 is 5.79 Å². The maximum atomic E-state index is 5.69. The van der Waals surface area contributed by atoms with Crippen molar-refractivity contribution in [2.75, 3.05) is 5.73 Å². The van der Waals surface area contributed by atoms with Crippen molar-refractivity contribution in [1.82, 2.24) is 0 Å². The monoisotopic (exact) mass is 188 g/mol. The van der Waals surface area contributed by atoms with Gasteiger partial charge in [-0.2, -0.15) is 0 Å². The largest absolute Gasteiger partial charge is 0.448 e. The van der Waals surface area contributed by atoms with Gasteiger partial charge in [0.25, 0.3) is 0 Å². The van der Waals surface area contributed by atoms with Gasteiger partial charge in [-0.1, -0.05) is 0 Å². The molecule has 3 rings (SSSR count). The third kappa shape index (κ3) is 0.797. The number of nitrogen functional groups attached to an aromatic ring is 1. The zero-order valence-corrected chi connectivity index (χ0v) is 7.31. The van der Waals surface area contributed by atoms with E-state index in [-0.39, 0.29) is 0 Å². The first kappa shape index (κ1) is 7.44. The molecule has 4 nitrogen and oxygen atoms in total. The Morgan fingerprint density at radius 3 is 2.79 bits per heavy atom. The first-order chi connectivity index (χ1) is 6.80. The highest BCUT2D eigenvalue weighted by Gasteiger charge is 2.42. The van der Waals surface area contributed by atoms with Crippen LogP contribution in [0.2, 0.25) is 0 Å². The summed E-state index contributed by atoms with van der Waals surface area (Å²) in [5, 5.41) is 0. The van der Waals surface area contributed by atoms with Crippen molar-refractivity contribution in [2.45, 2.75) is 5.79 Å². The van der Waals surface area contributed by atoms with Crippen LogP contribution in [0.4, 0.5) is 11.4 Å². The molecule has 14 heavy (non-hydrogen) atoms. The second-order valence-electron chi connectivity index (χ2n) is 3.21. The number of anilines is 1.